The standard InChI is InChI=1S/C19H32N4O3S.2ClH/c1-4-23(5-2)27(25,26)16-6-7-18(22-12-8-15(3)9-13-22)17(14-16)19(24)21-11-10-20;;/h6-7,14-15H,4-5,8-13,20H2,1-3H3,(H,21,24);2*1H. The molecule has 168 valence electrons. The van der Waals surface area contributed by atoms with Gasteiger partial charge >= 0.3 is 0 Å². The number of sulfonamides is 1. The highest BCUT2D eigenvalue weighted by molar-refractivity contribution is 7.89. The van der Waals surface area contributed by atoms with Crippen LogP contribution in [0, 0.1) is 5.92 Å². The minimum atomic E-state index is -3.62. The lowest BCUT2D eigenvalue weighted by atomic mass is 9.98. The molecule has 0 atom stereocenters. The molecule has 0 saturated carbocycles. The van der Waals surface area contributed by atoms with Gasteiger partial charge in [-0.2, -0.15) is 4.31 Å². The van der Waals surface area contributed by atoms with Crippen LogP contribution in [0.15, 0.2) is 23.1 Å². The Morgan fingerprint density at radius 2 is 1.79 bits per heavy atom. The summed E-state index contributed by atoms with van der Waals surface area (Å²) >= 11 is 0. The minimum Gasteiger partial charge on any atom is -0.371 e. The van der Waals surface area contributed by atoms with E-state index in [1.165, 1.54) is 10.4 Å². The summed E-state index contributed by atoms with van der Waals surface area (Å²) < 4.78 is 27.1. The Hall–Kier alpha value is -1.06. The van der Waals surface area contributed by atoms with Gasteiger partial charge in [-0.15, -0.1) is 24.8 Å². The van der Waals surface area contributed by atoms with E-state index in [2.05, 4.69) is 17.1 Å². The number of piperidine rings is 1. The first-order valence-corrected chi connectivity index (χ1v) is 11.2. The average Bonchev–Trinajstić information content (AvgIpc) is 2.67. The largest absolute Gasteiger partial charge is 0.371 e. The van der Waals surface area contributed by atoms with Crippen LogP contribution in [-0.2, 0) is 10.0 Å². The number of halogens is 2. The van der Waals surface area contributed by atoms with Gasteiger partial charge in [0.15, 0.2) is 0 Å². The number of rotatable bonds is 8. The average molecular weight is 469 g/mol. The van der Waals surface area contributed by atoms with Crippen molar-refractivity contribution in [3.05, 3.63) is 23.8 Å². The first-order chi connectivity index (χ1) is 12.8. The van der Waals surface area contributed by atoms with Gasteiger partial charge in [0.05, 0.1) is 10.5 Å². The molecule has 0 aromatic heterocycles. The smallest absolute Gasteiger partial charge is 0.253 e. The molecular weight excluding hydrogens is 435 g/mol. The highest BCUT2D eigenvalue weighted by atomic mass is 35.5. The van der Waals surface area contributed by atoms with Gasteiger partial charge in [0.25, 0.3) is 5.91 Å². The fourth-order valence-corrected chi connectivity index (χ4v) is 4.86. The Balaban J connectivity index is 0.00000392. The van der Waals surface area contributed by atoms with Crippen molar-refractivity contribution < 1.29 is 13.2 Å². The third kappa shape index (κ3) is 6.72. The molecule has 1 aromatic carbocycles. The van der Waals surface area contributed by atoms with Crippen LogP contribution in [0.5, 0.6) is 0 Å². The Morgan fingerprint density at radius 3 is 2.31 bits per heavy atom. The molecule has 29 heavy (non-hydrogen) atoms. The Labute approximate surface area is 187 Å². The molecule has 1 aliphatic heterocycles. The number of carbonyl (C=O) groups excluding carboxylic acids is 1. The second kappa shape index (κ2) is 12.6. The van der Waals surface area contributed by atoms with Gasteiger partial charge < -0.3 is 16.0 Å². The lowest BCUT2D eigenvalue weighted by Crippen LogP contribution is -2.36. The summed E-state index contributed by atoms with van der Waals surface area (Å²) in [6.07, 6.45) is 2.12. The molecule has 1 aromatic rings. The van der Waals surface area contributed by atoms with Gasteiger partial charge in [0, 0.05) is 45.0 Å². The van der Waals surface area contributed by atoms with E-state index in [-0.39, 0.29) is 35.6 Å². The molecular formula is C19H34Cl2N4O3S. The second-order valence-electron chi connectivity index (χ2n) is 6.98. The lowest BCUT2D eigenvalue weighted by Gasteiger charge is -2.33. The maximum atomic E-state index is 12.9. The minimum absolute atomic E-state index is 0. The molecule has 0 aliphatic carbocycles. The number of nitrogens with zero attached hydrogens (tertiary/aromatic N) is 2. The second-order valence-corrected chi connectivity index (χ2v) is 8.92. The molecule has 10 heteroatoms. The van der Waals surface area contributed by atoms with Crippen LogP contribution in [-0.4, -0.2) is 57.9 Å². The van der Waals surface area contributed by atoms with Crippen LogP contribution in [0.4, 0.5) is 5.69 Å². The summed E-state index contributed by atoms with van der Waals surface area (Å²) in [6, 6.07) is 4.89. The fourth-order valence-electron chi connectivity index (χ4n) is 3.38. The van der Waals surface area contributed by atoms with E-state index in [1.807, 2.05) is 0 Å². The van der Waals surface area contributed by atoms with Crippen LogP contribution in [0.2, 0.25) is 0 Å². The van der Waals surface area contributed by atoms with E-state index in [9.17, 15) is 13.2 Å². The van der Waals surface area contributed by atoms with Crippen LogP contribution in [0.25, 0.3) is 0 Å². The van der Waals surface area contributed by atoms with Crippen molar-refractivity contribution in [2.24, 2.45) is 11.7 Å². The van der Waals surface area contributed by atoms with Gasteiger partial charge in [0.2, 0.25) is 10.0 Å². The summed E-state index contributed by atoms with van der Waals surface area (Å²) in [5.41, 5.74) is 6.68. The summed E-state index contributed by atoms with van der Waals surface area (Å²) in [4.78, 5) is 15.0. The van der Waals surface area contributed by atoms with Gasteiger partial charge in [-0.1, -0.05) is 20.8 Å². The lowest BCUT2D eigenvalue weighted by molar-refractivity contribution is 0.0955. The van der Waals surface area contributed by atoms with Gasteiger partial charge in [-0.3, -0.25) is 4.79 Å². The number of nitrogens with two attached hydrogens (primary N) is 1. The highest BCUT2D eigenvalue weighted by Gasteiger charge is 2.26. The van der Waals surface area contributed by atoms with Crippen molar-refractivity contribution in [3.63, 3.8) is 0 Å². The van der Waals surface area contributed by atoms with Gasteiger partial charge in [-0.05, 0) is 37.0 Å². The molecule has 1 fully saturated rings. The number of amides is 1. The highest BCUT2D eigenvalue weighted by Crippen LogP contribution is 2.29. The van der Waals surface area contributed by atoms with Crippen molar-refractivity contribution in [1.29, 1.82) is 0 Å². The summed E-state index contributed by atoms with van der Waals surface area (Å²) in [7, 11) is -3.62. The Bertz CT molecular complexity index is 750. The predicted molar refractivity (Wildman–Crippen MR) is 123 cm³/mol. The van der Waals surface area contributed by atoms with Crippen molar-refractivity contribution in [2.45, 2.75) is 38.5 Å². The summed E-state index contributed by atoms with van der Waals surface area (Å²) in [5.74, 6) is 0.378. The number of nitrogens with one attached hydrogen (secondary N) is 1. The SMILES string of the molecule is CCN(CC)S(=O)(=O)c1ccc(N2CCC(C)CC2)c(C(=O)NCCN)c1.Cl.Cl. The van der Waals surface area contributed by atoms with Crippen LogP contribution in [0.3, 0.4) is 0 Å². The fraction of sp³-hybridized carbons (Fsp3) is 0.632. The van der Waals surface area contributed by atoms with Crippen LogP contribution >= 0.6 is 24.8 Å². The van der Waals surface area contributed by atoms with Crippen molar-refractivity contribution in [1.82, 2.24) is 9.62 Å². The van der Waals surface area contributed by atoms with Gasteiger partial charge in [-0.25, -0.2) is 8.42 Å². The summed E-state index contributed by atoms with van der Waals surface area (Å²) in [6.45, 7) is 9.02. The quantitative estimate of drug-likeness (QED) is 0.610. The molecule has 2 rings (SSSR count). The van der Waals surface area contributed by atoms with Crippen LogP contribution < -0.4 is 16.0 Å². The zero-order valence-electron chi connectivity index (χ0n) is 17.4. The van der Waals surface area contributed by atoms with Crippen molar-refractivity contribution in [3.8, 4) is 0 Å². The Morgan fingerprint density at radius 1 is 1.21 bits per heavy atom. The molecule has 1 heterocycles. The molecule has 7 nitrogen and oxygen atoms in total. The maximum absolute atomic E-state index is 12.9. The number of hydrogen-bond acceptors (Lipinski definition) is 5. The molecule has 0 spiro atoms. The number of hydrogen-bond donors (Lipinski definition) is 2. The van der Waals surface area contributed by atoms with Gasteiger partial charge in [0.1, 0.15) is 0 Å². The van der Waals surface area contributed by atoms with E-state index in [4.69, 9.17) is 5.73 Å². The van der Waals surface area contributed by atoms with E-state index < -0.39 is 10.0 Å². The topological polar surface area (TPSA) is 95.7 Å². The summed E-state index contributed by atoms with van der Waals surface area (Å²) in [5, 5.41) is 2.77. The number of anilines is 1. The maximum Gasteiger partial charge on any atom is 0.253 e. The van der Waals surface area contributed by atoms with E-state index in [1.54, 1.807) is 26.0 Å². The predicted octanol–water partition coefficient (Wildman–Crippen LogP) is 2.49. The first kappa shape index (κ1) is 27.9. The first-order valence-electron chi connectivity index (χ1n) is 9.72. The molecule has 0 bridgehead atoms. The van der Waals surface area contributed by atoms with Crippen molar-refractivity contribution in [2.75, 3.05) is 44.2 Å². The normalized spacial score (nSPS) is 14.9. The van der Waals surface area contributed by atoms with E-state index in [0.29, 0.717) is 37.7 Å². The molecule has 3 N–H and O–H groups in total. The van der Waals surface area contributed by atoms with E-state index >= 15 is 0 Å². The zero-order chi connectivity index (χ0) is 20.0. The molecule has 1 aliphatic rings. The molecule has 0 radical (unpaired) electrons. The number of benzene rings is 1. The van der Waals surface area contributed by atoms with Crippen LogP contribution in [0.1, 0.15) is 44.0 Å². The molecule has 0 unspecified atom stereocenters. The monoisotopic (exact) mass is 468 g/mol. The molecule has 1 saturated heterocycles. The zero-order valence-corrected chi connectivity index (χ0v) is 19.8. The number of carbonyl (C=O) groups is 1. The third-order valence-corrected chi connectivity index (χ3v) is 7.16. The third-order valence-electron chi connectivity index (χ3n) is 5.11. The van der Waals surface area contributed by atoms with E-state index in [0.717, 1.165) is 31.6 Å². The molecule has 1 amide bonds. The van der Waals surface area contributed by atoms with Crippen molar-refractivity contribution >= 4 is 46.4 Å². The Kier molecular flexibility index (Phi) is 12.1.